The Labute approximate surface area is 210 Å². The summed E-state index contributed by atoms with van der Waals surface area (Å²) in [6.45, 7) is 0.304. The maximum absolute atomic E-state index is 13.8. The topological polar surface area (TPSA) is 104 Å². The van der Waals surface area contributed by atoms with Crippen LogP contribution in [-0.2, 0) is 11.3 Å². The number of aromatic amines is 1. The summed E-state index contributed by atoms with van der Waals surface area (Å²) < 4.78 is 20.5. The van der Waals surface area contributed by atoms with Crippen molar-refractivity contribution in [3.63, 3.8) is 0 Å². The van der Waals surface area contributed by atoms with Gasteiger partial charge < -0.3 is 20.1 Å². The first-order valence-electron chi connectivity index (χ1n) is 13.4. The second kappa shape index (κ2) is 9.29. The number of nitrogens with zero attached hydrogens (tertiary/aromatic N) is 1. The monoisotopic (exact) mass is 495 g/mol. The Morgan fingerprint density at radius 3 is 2.39 bits per heavy atom. The molecule has 0 unspecified atom stereocenters. The average Bonchev–Trinajstić information content (AvgIpc) is 3.28. The Morgan fingerprint density at radius 2 is 1.75 bits per heavy atom. The predicted molar refractivity (Wildman–Crippen MR) is 131 cm³/mol. The van der Waals surface area contributed by atoms with Crippen molar-refractivity contribution in [2.75, 3.05) is 5.32 Å². The van der Waals surface area contributed by atoms with Gasteiger partial charge in [-0.05, 0) is 87.3 Å². The van der Waals surface area contributed by atoms with Crippen LogP contribution >= 0.6 is 0 Å². The highest BCUT2D eigenvalue weighted by molar-refractivity contribution is 6.04. The molecule has 0 aliphatic heterocycles. The first-order chi connectivity index (χ1) is 17.4. The number of anilines is 1. The second-order valence-electron chi connectivity index (χ2n) is 11.6. The number of aromatic carboxylic acids is 1. The summed E-state index contributed by atoms with van der Waals surface area (Å²) in [5.74, 6) is 0.747. The number of benzene rings is 1. The number of nitrogens with one attached hydrogen (secondary N) is 2. The molecule has 0 radical (unpaired) electrons. The molecule has 1 heterocycles. The van der Waals surface area contributed by atoms with Gasteiger partial charge in [-0.15, -0.1) is 0 Å². The van der Waals surface area contributed by atoms with Gasteiger partial charge in [-0.25, -0.2) is 14.2 Å². The number of ether oxygens (including phenoxy) is 1. The summed E-state index contributed by atoms with van der Waals surface area (Å²) >= 11 is 0. The van der Waals surface area contributed by atoms with Crippen LogP contribution < -0.4 is 5.32 Å². The van der Waals surface area contributed by atoms with Crippen molar-refractivity contribution in [3.05, 3.63) is 46.8 Å². The Balaban J connectivity index is 1.24. The van der Waals surface area contributed by atoms with Crippen molar-refractivity contribution < 1.29 is 23.8 Å². The van der Waals surface area contributed by atoms with Gasteiger partial charge in [0.05, 0.1) is 23.5 Å². The third kappa shape index (κ3) is 4.56. The van der Waals surface area contributed by atoms with E-state index in [0.717, 1.165) is 80.7 Å². The van der Waals surface area contributed by atoms with E-state index in [4.69, 9.17) is 9.72 Å². The Bertz CT molecular complexity index is 1130. The second-order valence-corrected chi connectivity index (χ2v) is 11.6. The van der Waals surface area contributed by atoms with Crippen LogP contribution in [0.1, 0.15) is 109 Å². The lowest BCUT2D eigenvalue weighted by Gasteiger charge is -2.56. The van der Waals surface area contributed by atoms with Gasteiger partial charge in [-0.3, -0.25) is 4.79 Å². The minimum Gasteiger partial charge on any atom is -0.478 e. The van der Waals surface area contributed by atoms with Crippen LogP contribution in [0.5, 0.6) is 0 Å². The minimum absolute atomic E-state index is 0.0913. The molecular weight excluding hydrogens is 461 g/mol. The standard InChI is InChI=1S/C28H34FN3O4/c29-22-7-6-20(11-21(22)27(34)35)30-26(33)24-23(31-25(32-24)19-4-2-1-3-5-19)15-36-28-12-16-8-17(13-28)10-18(9-16)14-28/h6-7,11,16-19H,1-5,8-10,12-15H2,(H,30,33)(H,31,32)(H,34,35). The number of amides is 1. The number of rotatable bonds is 7. The summed E-state index contributed by atoms with van der Waals surface area (Å²) in [5.41, 5.74) is 0.592. The highest BCUT2D eigenvalue weighted by Crippen LogP contribution is 2.57. The number of imidazole rings is 1. The van der Waals surface area contributed by atoms with Crippen LogP contribution in [0.15, 0.2) is 18.2 Å². The number of hydrogen-bond acceptors (Lipinski definition) is 4. The molecule has 0 atom stereocenters. The van der Waals surface area contributed by atoms with E-state index in [-0.39, 0.29) is 17.0 Å². The Hall–Kier alpha value is -2.74. The van der Waals surface area contributed by atoms with Gasteiger partial charge in [-0.2, -0.15) is 0 Å². The maximum Gasteiger partial charge on any atom is 0.338 e. The molecule has 5 aliphatic carbocycles. The molecule has 4 bridgehead atoms. The van der Waals surface area contributed by atoms with Crippen molar-refractivity contribution in [1.82, 2.24) is 9.97 Å². The van der Waals surface area contributed by atoms with Crippen LogP contribution in [0, 0.1) is 23.6 Å². The zero-order chi connectivity index (χ0) is 24.9. The van der Waals surface area contributed by atoms with Gasteiger partial charge in [0.15, 0.2) is 5.69 Å². The molecule has 3 N–H and O–H groups in total. The number of hydrogen-bond donors (Lipinski definition) is 3. The SMILES string of the molecule is O=C(O)c1cc(NC(=O)c2nc(C3CCCCC3)[nH]c2COC23CC4CC(CC(C4)C2)C3)ccc1F. The lowest BCUT2D eigenvalue weighted by Crippen LogP contribution is -2.51. The molecule has 1 aromatic carbocycles. The third-order valence-electron chi connectivity index (χ3n) is 8.96. The van der Waals surface area contributed by atoms with E-state index in [1.54, 1.807) is 0 Å². The van der Waals surface area contributed by atoms with E-state index in [1.165, 1.54) is 31.7 Å². The van der Waals surface area contributed by atoms with Crippen LogP contribution in [0.3, 0.4) is 0 Å². The van der Waals surface area contributed by atoms with Gasteiger partial charge in [0.2, 0.25) is 0 Å². The molecular formula is C28H34FN3O4. The fourth-order valence-electron chi connectivity index (χ4n) is 7.68. The Morgan fingerprint density at radius 1 is 1.08 bits per heavy atom. The molecule has 0 spiro atoms. The summed E-state index contributed by atoms with van der Waals surface area (Å²) in [6.07, 6.45) is 13.0. The number of aromatic nitrogens is 2. The van der Waals surface area contributed by atoms with Crippen LogP contribution in [0.2, 0.25) is 0 Å². The first-order valence-corrected chi connectivity index (χ1v) is 13.4. The first kappa shape index (κ1) is 23.6. The molecule has 7 rings (SSSR count). The average molecular weight is 496 g/mol. The number of H-pyrrole nitrogens is 1. The molecule has 2 aromatic rings. The van der Waals surface area contributed by atoms with Crippen molar-refractivity contribution in [3.8, 4) is 0 Å². The molecule has 5 saturated carbocycles. The summed E-state index contributed by atoms with van der Waals surface area (Å²) in [5, 5.41) is 12.0. The number of carbonyl (C=O) groups is 2. The molecule has 7 nitrogen and oxygen atoms in total. The van der Waals surface area contributed by atoms with Gasteiger partial charge in [0.1, 0.15) is 11.6 Å². The highest BCUT2D eigenvalue weighted by atomic mass is 19.1. The van der Waals surface area contributed by atoms with E-state index >= 15 is 0 Å². The van der Waals surface area contributed by atoms with Crippen molar-refractivity contribution in [1.29, 1.82) is 0 Å². The van der Waals surface area contributed by atoms with Crippen LogP contribution in [0.25, 0.3) is 0 Å². The van der Waals surface area contributed by atoms with Crippen molar-refractivity contribution in [2.24, 2.45) is 17.8 Å². The van der Waals surface area contributed by atoms with Crippen molar-refractivity contribution >= 4 is 17.6 Å². The zero-order valence-electron chi connectivity index (χ0n) is 20.5. The number of halogens is 1. The number of carbonyl (C=O) groups excluding carboxylic acids is 1. The number of carboxylic acid groups (broad SMARTS) is 1. The van der Waals surface area contributed by atoms with Gasteiger partial charge >= 0.3 is 5.97 Å². The molecule has 1 amide bonds. The lowest BCUT2D eigenvalue weighted by molar-refractivity contribution is -0.169. The van der Waals surface area contributed by atoms with Gasteiger partial charge in [-0.1, -0.05) is 19.3 Å². The zero-order valence-corrected chi connectivity index (χ0v) is 20.5. The molecule has 5 fully saturated rings. The predicted octanol–water partition coefficient (Wildman–Crippen LogP) is 6.03. The highest BCUT2D eigenvalue weighted by Gasteiger charge is 2.51. The largest absolute Gasteiger partial charge is 0.478 e. The molecule has 5 aliphatic rings. The maximum atomic E-state index is 13.8. The molecule has 0 saturated heterocycles. The van der Waals surface area contributed by atoms with E-state index in [1.807, 2.05) is 0 Å². The fourth-order valence-corrected chi connectivity index (χ4v) is 7.68. The van der Waals surface area contributed by atoms with Gasteiger partial charge in [0.25, 0.3) is 5.91 Å². The smallest absolute Gasteiger partial charge is 0.338 e. The number of carboxylic acids is 1. The Kier molecular flexibility index (Phi) is 6.10. The van der Waals surface area contributed by atoms with E-state index in [2.05, 4.69) is 10.3 Å². The molecule has 1 aromatic heterocycles. The summed E-state index contributed by atoms with van der Waals surface area (Å²) in [4.78, 5) is 32.8. The molecule has 8 heteroatoms. The van der Waals surface area contributed by atoms with Gasteiger partial charge in [0, 0.05) is 11.6 Å². The van der Waals surface area contributed by atoms with Crippen LogP contribution in [-0.4, -0.2) is 32.6 Å². The molecule has 192 valence electrons. The van der Waals surface area contributed by atoms with E-state index < -0.39 is 23.3 Å². The van der Waals surface area contributed by atoms with Crippen LogP contribution in [0.4, 0.5) is 10.1 Å². The summed E-state index contributed by atoms with van der Waals surface area (Å²) in [7, 11) is 0. The van der Waals surface area contributed by atoms with E-state index in [9.17, 15) is 19.1 Å². The fraction of sp³-hybridized carbons (Fsp3) is 0.607. The van der Waals surface area contributed by atoms with Crippen molar-refractivity contribution in [2.45, 2.75) is 88.8 Å². The quantitative estimate of drug-likeness (QED) is 0.435. The summed E-state index contributed by atoms with van der Waals surface area (Å²) in [6, 6.07) is 3.55. The third-order valence-corrected chi connectivity index (χ3v) is 8.96. The normalized spacial score (nSPS) is 29.4. The lowest BCUT2D eigenvalue weighted by atomic mass is 9.54. The minimum atomic E-state index is -1.38. The van der Waals surface area contributed by atoms with E-state index in [0.29, 0.717) is 18.2 Å². The molecule has 36 heavy (non-hydrogen) atoms.